The van der Waals surface area contributed by atoms with Gasteiger partial charge in [0.2, 0.25) is 0 Å². The minimum absolute atomic E-state index is 0. The summed E-state index contributed by atoms with van der Waals surface area (Å²) >= 11 is 0. The van der Waals surface area contributed by atoms with E-state index in [0.717, 1.165) is 38.9 Å². The van der Waals surface area contributed by atoms with Gasteiger partial charge in [0.25, 0.3) is 0 Å². The van der Waals surface area contributed by atoms with Crippen molar-refractivity contribution < 1.29 is 14.4 Å². The summed E-state index contributed by atoms with van der Waals surface area (Å²) in [7, 11) is 6.10. The van der Waals surface area contributed by atoms with Gasteiger partial charge in [-0.1, -0.05) is 26.7 Å². The number of carbonyl (C=O) groups is 3. The molecule has 0 saturated carbocycles. The average Bonchev–Trinajstić information content (AvgIpc) is 2.99. The number of nitrogens with zero attached hydrogens (tertiary/aromatic N) is 3. The summed E-state index contributed by atoms with van der Waals surface area (Å²) in [5.74, 6) is 0.964. The van der Waals surface area contributed by atoms with Gasteiger partial charge in [-0.3, -0.25) is 29.1 Å². The Balaban J connectivity index is 0.000000431. The Kier molecular flexibility index (Phi) is 15.1. The zero-order valence-corrected chi connectivity index (χ0v) is 20.3. The lowest BCUT2D eigenvalue weighted by molar-refractivity contribution is -0.123. The van der Waals surface area contributed by atoms with E-state index in [1.807, 2.05) is 14.1 Å². The van der Waals surface area contributed by atoms with Gasteiger partial charge in [0.1, 0.15) is 17.3 Å². The summed E-state index contributed by atoms with van der Waals surface area (Å²) in [6.45, 7) is 8.32. The molecule has 6 nitrogen and oxygen atoms in total. The minimum atomic E-state index is 0. The van der Waals surface area contributed by atoms with Crippen molar-refractivity contribution in [1.82, 2.24) is 14.7 Å². The molecule has 0 aromatic carbocycles. The summed E-state index contributed by atoms with van der Waals surface area (Å²) in [5.41, 5.74) is 0. The number of Topliss-reactive ketones (excluding diaryl/α,β-unsaturated/α-hetero) is 3. The minimum Gasteiger partial charge on any atom is -0.298 e. The van der Waals surface area contributed by atoms with E-state index in [1.165, 1.54) is 38.5 Å². The van der Waals surface area contributed by atoms with Crippen LogP contribution in [-0.4, -0.2) is 91.0 Å². The third-order valence-corrected chi connectivity index (χ3v) is 6.72. The molecule has 6 heteroatoms. The molecule has 3 atom stereocenters. The van der Waals surface area contributed by atoms with Crippen molar-refractivity contribution in [2.75, 3.05) is 40.8 Å². The molecule has 0 amide bonds. The van der Waals surface area contributed by atoms with Gasteiger partial charge in [-0.25, -0.2) is 0 Å². The van der Waals surface area contributed by atoms with E-state index in [2.05, 4.69) is 21.7 Å². The molecule has 0 spiro atoms. The molecule has 3 rings (SSSR count). The Morgan fingerprint density at radius 2 is 0.806 bits per heavy atom. The van der Waals surface area contributed by atoms with Crippen LogP contribution in [0.3, 0.4) is 0 Å². The summed E-state index contributed by atoms with van der Waals surface area (Å²) in [4.78, 5) is 39.4. The highest BCUT2D eigenvalue weighted by Crippen LogP contribution is 2.16. The lowest BCUT2D eigenvalue weighted by Crippen LogP contribution is -2.40. The third kappa shape index (κ3) is 10.8. The van der Waals surface area contributed by atoms with Crippen LogP contribution in [0.2, 0.25) is 0 Å². The predicted octanol–water partition coefficient (Wildman–Crippen LogP) is 3.82. The molecule has 31 heavy (non-hydrogen) atoms. The Morgan fingerprint density at radius 1 is 0.516 bits per heavy atom. The molecule has 0 bridgehead atoms. The lowest BCUT2D eigenvalue weighted by Gasteiger charge is -2.30. The molecular weight excluding hydrogens is 390 g/mol. The molecule has 0 aliphatic carbocycles. The second-order valence-electron chi connectivity index (χ2n) is 9.31. The van der Waals surface area contributed by atoms with Gasteiger partial charge in [0, 0.05) is 0 Å². The smallest absolute Gasteiger partial charge is 0.146 e. The molecule has 0 aromatic rings. The predicted molar refractivity (Wildman–Crippen MR) is 130 cm³/mol. The molecular formula is C25H49N3O3. The quantitative estimate of drug-likeness (QED) is 0.666. The van der Waals surface area contributed by atoms with Gasteiger partial charge >= 0.3 is 0 Å². The Hall–Kier alpha value is -1.11. The van der Waals surface area contributed by atoms with Crippen molar-refractivity contribution in [3.63, 3.8) is 0 Å². The first-order valence-electron chi connectivity index (χ1n) is 11.8. The number of ketones is 3. The first-order chi connectivity index (χ1) is 14.1. The number of carbonyl (C=O) groups excluding carboxylic acids is 3. The van der Waals surface area contributed by atoms with Crippen molar-refractivity contribution in [3.8, 4) is 0 Å². The SMILES string of the molecule is C.CC(=O)C1CCCCCN1C.CC(=O)C1CCCCN1C.CC(=O)C1CCCN1C. The van der Waals surface area contributed by atoms with Crippen LogP contribution in [0.25, 0.3) is 0 Å². The second kappa shape index (κ2) is 15.7. The van der Waals surface area contributed by atoms with Crippen LogP contribution in [0, 0.1) is 0 Å². The molecule has 0 radical (unpaired) electrons. The van der Waals surface area contributed by atoms with E-state index in [0.29, 0.717) is 17.3 Å². The summed E-state index contributed by atoms with van der Waals surface area (Å²) in [5, 5.41) is 0. The van der Waals surface area contributed by atoms with Gasteiger partial charge in [0.15, 0.2) is 0 Å². The topological polar surface area (TPSA) is 60.9 Å². The number of likely N-dealkylation sites (tertiary alicyclic amines) is 3. The first kappa shape index (κ1) is 29.9. The monoisotopic (exact) mass is 439 g/mol. The Morgan fingerprint density at radius 3 is 1.13 bits per heavy atom. The van der Waals surface area contributed by atoms with E-state index in [1.54, 1.807) is 20.8 Å². The number of hydrogen-bond acceptors (Lipinski definition) is 6. The average molecular weight is 440 g/mol. The number of hydrogen-bond donors (Lipinski definition) is 0. The van der Waals surface area contributed by atoms with Crippen LogP contribution in [0.4, 0.5) is 0 Å². The third-order valence-electron chi connectivity index (χ3n) is 6.72. The van der Waals surface area contributed by atoms with Crippen molar-refractivity contribution in [3.05, 3.63) is 0 Å². The van der Waals surface area contributed by atoms with Gasteiger partial charge in [-0.05, 0) is 100 Å². The van der Waals surface area contributed by atoms with E-state index < -0.39 is 0 Å². The van der Waals surface area contributed by atoms with E-state index >= 15 is 0 Å². The number of piperidine rings is 1. The van der Waals surface area contributed by atoms with Crippen molar-refractivity contribution >= 4 is 17.3 Å². The summed E-state index contributed by atoms with van der Waals surface area (Å²) in [6, 6.07) is 0.649. The number of likely N-dealkylation sites (N-methyl/N-ethyl adjacent to an activating group) is 3. The molecule has 0 N–H and O–H groups in total. The first-order valence-corrected chi connectivity index (χ1v) is 11.8. The van der Waals surface area contributed by atoms with Crippen LogP contribution in [-0.2, 0) is 14.4 Å². The van der Waals surface area contributed by atoms with Crippen molar-refractivity contribution in [2.45, 2.75) is 104 Å². The normalized spacial score (nSPS) is 27.5. The molecule has 3 saturated heterocycles. The van der Waals surface area contributed by atoms with Gasteiger partial charge < -0.3 is 0 Å². The van der Waals surface area contributed by atoms with Crippen LogP contribution >= 0.6 is 0 Å². The van der Waals surface area contributed by atoms with Crippen LogP contribution < -0.4 is 0 Å². The largest absolute Gasteiger partial charge is 0.298 e. The highest BCUT2D eigenvalue weighted by atomic mass is 16.1. The zero-order valence-electron chi connectivity index (χ0n) is 20.3. The standard InChI is InChI=1S/C9H17NO.C8H15NO.C7H13NO.CH4/c1-8(11)9-6-4-3-5-7-10(9)2;1-7(10)8-5-3-4-6-9(8)2;1-6(9)7-4-3-5-8(7)2;/h9H,3-7H2,1-2H3;8H,3-6H2,1-2H3;7H,3-5H2,1-2H3;1H4. The van der Waals surface area contributed by atoms with Crippen LogP contribution in [0.5, 0.6) is 0 Å². The van der Waals surface area contributed by atoms with E-state index in [-0.39, 0.29) is 25.6 Å². The second-order valence-corrected chi connectivity index (χ2v) is 9.31. The maximum atomic E-state index is 11.1. The Labute approximate surface area is 191 Å². The molecule has 3 aliphatic rings. The fraction of sp³-hybridized carbons (Fsp3) is 0.880. The molecule has 182 valence electrons. The van der Waals surface area contributed by atoms with Gasteiger partial charge in [-0.15, -0.1) is 0 Å². The van der Waals surface area contributed by atoms with Crippen LogP contribution in [0.15, 0.2) is 0 Å². The molecule has 3 aliphatic heterocycles. The zero-order chi connectivity index (χ0) is 22.7. The highest BCUT2D eigenvalue weighted by Gasteiger charge is 2.24. The maximum Gasteiger partial charge on any atom is 0.146 e. The molecule has 3 heterocycles. The maximum absolute atomic E-state index is 11.1. The molecule has 3 unspecified atom stereocenters. The summed E-state index contributed by atoms with van der Waals surface area (Å²) < 4.78 is 0. The number of rotatable bonds is 3. The fourth-order valence-electron chi connectivity index (χ4n) is 4.78. The molecule has 3 fully saturated rings. The Bertz CT molecular complexity index is 552. The van der Waals surface area contributed by atoms with Crippen LogP contribution in [0.1, 0.15) is 86.0 Å². The van der Waals surface area contributed by atoms with Gasteiger partial charge in [0.05, 0.1) is 18.1 Å². The fourth-order valence-corrected chi connectivity index (χ4v) is 4.78. The van der Waals surface area contributed by atoms with E-state index in [4.69, 9.17) is 0 Å². The lowest BCUT2D eigenvalue weighted by atomic mass is 10.0. The van der Waals surface area contributed by atoms with Gasteiger partial charge in [-0.2, -0.15) is 0 Å². The van der Waals surface area contributed by atoms with Crippen molar-refractivity contribution in [2.24, 2.45) is 0 Å². The van der Waals surface area contributed by atoms with Crippen molar-refractivity contribution in [1.29, 1.82) is 0 Å². The summed E-state index contributed by atoms with van der Waals surface area (Å²) in [6.07, 6.45) is 10.6. The van der Waals surface area contributed by atoms with E-state index in [9.17, 15) is 14.4 Å². The highest BCUT2D eigenvalue weighted by molar-refractivity contribution is 5.82. The molecule has 0 aromatic heterocycles.